The van der Waals surface area contributed by atoms with Gasteiger partial charge in [-0.2, -0.15) is 0 Å². The molecular weight excluding hydrogens is 296 g/mol. The number of rotatable bonds is 7. The third kappa shape index (κ3) is 5.16. The number of ether oxygens (including phenoxy) is 2. The zero-order valence-electron chi connectivity index (χ0n) is 11.6. The summed E-state index contributed by atoms with van der Waals surface area (Å²) in [6.45, 7) is 0.549. The van der Waals surface area contributed by atoms with Crippen LogP contribution in [-0.2, 0) is 14.8 Å². The lowest BCUT2D eigenvalue weighted by molar-refractivity contribution is 0.0314. The summed E-state index contributed by atoms with van der Waals surface area (Å²) < 4.78 is 36.4. The number of hydrogen-bond donors (Lipinski definition) is 3. The molecule has 21 heavy (non-hydrogen) atoms. The number of aliphatic hydroxyl groups is 1. The third-order valence-electron chi connectivity index (χ3n) is 3.18. The Morgan fingerprint density at radius 1 is 1.48 bits per heavy atom. The highest BCUT2D eigenvalue weighted by Crippen LogP contribution is 2.17. The van der Waals surface area contributed by atoms with Gasteiger partial charge in [-0.3, -0.25) is 0 Å². The van der Waals surface area contributed by atoms with Crippen molar-refractivity contribution < 1.29 is 23.0 Å². The highest BCUT2D eigenvalue weighted by Gasteiger charge is 2.33. The van der Waals surface area contributed by atoms with Crippen molar-refractivity contribution in [2.75, 3.05) is 37.9 Å². The van der Waals surface area contributed by atoms with E-state index in [1.54, 1.807) is 24.3 Å². The van der Waals surface area contributed by atoms with E-state index < -0.39 is 15.6 Å². The maximum Gasteiger partial charge on any atom is 0.215 e. The van der Waals surface area contributed by atoms with Crippen LogP contribution >= 0.6 is 0 Å². The first-order valence-electron chi connectivity index (χ1n) is 6.64. The molecule has 1 saturated heterocycles. The Bertz CT molecular complexity index is 570. The summed E-state index contributed by atoms with van der Waals surface area (Å²) in [6.07, 6.45) is 0.426. The van der Waals surface area contributed by atoms with Crippen LogP contribution in [0.3, 0.4) is 0 Å². The molecule has 0 spiro atoms. The van der Waals surface area contributed by atoms with E-state index in [9.17, 15) is 13.5 Å². The number of benzene rings is 1. The quantitative estimate of drug-likeness (QED) is 0.597. The van der Waals surface area contributed by atoms with Crippen LogP contribution in [0.2, 0.25) is 0 Å². The molecule has 1 aromatic rings. The van der Waals surface area contributed by atoms with Gasteiger partial charge in [-0.1, -0.05) is 6.07 Å². The summed E-state index contributed by atoms with van der Waals surface area (Å²) in [5, 5.41) is 9.99. The summed E-state index contributed by atoms with van der Waals surface area (Å²) in [5.74, 6) is 0.326. The number of sulfonamides is 1. The van der Waals surface area contributed by atoms with E-state index in [0.717, 1.165) is 0 Å². The first kappa shape index (κ1) is 16.0. The molecule has 1 aliphatic heterocycles. The van der Waals surface area contributed by atoms with Crippen molar-refractivity contribution in [1.29, 1.82) is 0 Å². The number of hydrogen-bond acceptors (Lipinski definition) is 6. The fourth-order valence-electron chi connectivity index (χ4n) is 1.93. The molecule has 1 unspecified atom stereocenters. The van der Waals surface area contributed by atoms with Gasteiger partial charge in [0.05, 0.1) is 12.4 Å². The van der Waals surface area contributed by atoms with Crippen LogP contribution in [0.25, 0.3) is 0 Å². The van der Waals surface area contributed by atoms with Crippen molar-refractivity contribution in [3.05, 3.63) is 24.3 Å². The summed E-state index contributed by atoms with van der Waals surface area (Å²) in [7, 11) is -3.51. The molecule has 7 nitrogen and oxygen atoms in total. The first-order chi connectivity index (χ1) is 9.89. The predicted molar refractivity (Wildman–Crippen MR) is 78.5 cm³/mol. The van der Waals surface area contributed by atoms with Gasteiger partial charge in [-0.25, -0.2) is 13.1 Å². The number of nitrogens with two attached hydrogens (primary N) is 1. The molecule has 1 fully saturated rings. The van der Waals surface area contributed by atoms with Crippen LogP contribution in [0.5, 0.6) is 5.75 Å². The van der Waals surface area contributed by atoms with Gasteiger partial charge in [0.2, 0.25) is 10.0 Å². The van der Waals surface area contributed by atoms with Crippen LogP contribution in [0.4, 0.5) is 5.69 Å². The van der Waals surface area contributed by atoms with Crippen LogP contribution in [0.15, 0.2) is 24.3 Å². The second-order valence-corrected chi connectivity index (χ2v) is 7.01. The molecule has 0 amide bonds. The minimum atomic E-state index is -3.51. The Morgan fingerprint density at radius 2 is 2.29 bits per heavy atom. The molecule has 0 aliphatic carbocycles. The largest absolute Gasteiger partial charge is 0.492 e. The second kappa shape index (κ2) is 6.61. The molecule has 2 rings (SSSR count). The smallest absolute Gasteiger partial charge is 0.215 e. The molecule has 4 N–H and O–H groups in total. The van der Waals surface area contributed by atoms with Crippen LogP contribution in [-0.4, -0.2) is 51.2 Å². The minimum Gasteiger partial charge on any atom is -0.492 e. The molecule has 0 bridgehead atoms. The van der Waals surface area contributed by atoms with Gasteiger partial charge in [0.1, 0.15) is 18.0 Å². The maximum absolute atomic E-state index is 11.8. The van der Waals surface area contributed by atoms with Gasteiger partial charge in [0.15, 0.2) is 0 Å². The van der Waals surface area contributed by atoms with Crippen molar-refractivity contribution in [2.24, 2.45) is 0 Å². The highest BCUT2D eigenvalue weighted by atomic mass is 32.2. The second-order valence-electron chi connectivity index (χ2n) is 5.09. The molecular formula is C13H20N2O5S. The maximum atomic E-state index is 11.8. The highest BCUT2D eigenvalue weighted by molar-refractivity contribution is 7.89. The van der Waals surface area contributed by atoms with E-state index in [4.69, 9.17) is 15.2 Å². The predicted octanol–water partition coefficient (Wildman–Crippen LogP) is -0.282. The SMILES string of the molecule is Nc1cccc(OCCS(=O)(=O)NCC2(O)CCOC2)c1. The van der Waals surface area contributed by atoms with Gasteiger partial charge >= 0.3 is 0 Å². The molecule has 118 valence electrons. The number of anilines is 1. The lowest BCUT2D eigenvalue weighted by atomic mass is 10.1. The zero-order valence-corrected chi connectivity index (χ0v) is 12.4. The number of nitrogen functional groups attached to an aromatic ring is 1. The molecule has 1 heterocycles. The third-order valence-corrected chi connectivity index (χ3v) is 4.47. The number of nitrogens with one attached hydrogen (secondary N) is 1. The van der Waals surface area contributed by atoms with Crippen LogP contribution in [0, 0.1) is 0 Å². The van der Waals surface area contributed by atoms with E-state index in [1.807, 2.05) is 0 Å². The van der Waals surface area contributed by atoms with E-state index in [0.29, 0.717) is 24.5 Å². The van der Waals surface area contributed by atoms with Gasteiger partial charge < -0.3 is 20.3 Å². The van der Waals surface area contributed by atoms with Crippen molar-refractivity contribution in [3.8, 4) is 5.75 Å². The molecule has 1 atom stereocenters. The standard InChI is InChI=1S/C13H20N2O5S/c14-11-2-1-3-12(8-11)20-6-7-21(17,18)15-9-13(16)4-5-19-10-13/h1-3,8,15-16H,4-7,9-10,14H2. The van der Waals surface area contributed by atoms with E-state index in [1.165, 1.54) is 0 Å². The zero-order chi connectivity index (χ0) is 15.3. The lowest BCUT2D eigenvalue weighted by Crippen LogP contribution is -2.44. The van der Waals surface area contributed by atoms with E-state index >= 15 is 0 Å². The Balaban J connectivity index is 1.76. The fourth-order valence-corrected chi connectivity index (χ4v) is 2.86. The molecule has 1 aromatic carbocycles. The van der Waals surface area contributed by atoms with Crippen molar-refractivity contribution in [2.45, 2.75) is 12.0 Å². The molecule has 0 radical (unpaired) electrons. The molecule has 0 aromatic heterocycles. The van der Waals surface area contributed by atoms with Crippen LogP contribution < -0.4 is 15.2 Å². The normalized spacial score (nSPS) is 22.3. The summed E-state index contributed by atoms with van der Waals surface area (Å²) in [5.41, 5.74) is 5.04. The lowest BCUT2D eigenvalue weighted by Gasteiger charge is -2.20. The topological polar surface area (TPSA) is 111 Å². The van der Waals surface area contributed by atoms with Crippen LogP contribution in [0.1, 0.15) is 6.42 Å². The van der Waals surface area contributed by atoms with Crippen molar-refractivity contribution >= 4 is 15.7 Å². The van der Waals surface area contributed by atoms with Crippen molar-refractivity contribution in [3.63, 3.8) is 0 Å². The summed E-state index contributed by atoms with van der Waals surface area (Å²) in [4.78, 5) is 0. The Hall–Kier alpha value is -1.35. The molecule has 0 saturated carbocycles. The average molecular weight is 316 g/mol. The van der Waals surface area contributed by atoms with Gasteiger partial charge in [-0.05, 0) is 12.1 Å². The average Bonchev–Trinajstić information content (AvgIpc) is 2.84. The van der Waals surface area contributed by atoms with Crippen molar-refractivity contribution in [1.82, 2.24) is 4.72 Å². The summed E-state index contributed by atoms with van der Waals surface area (Å²) >= 11 is 0. The van der Waals surface area contributed by atoms with E-state index in [2.05, 4.69) is 4.72 Å². The first-order valence-corrected chi connectivity index (χ1v) is 8.30. The molecule has 8 heteroatoms. The minimum absolute atomic E-state index is 0.00765. The fraction of sp³-hybridized carbons (Fsp3) is 0.538. The summed E-state index contributed by atoms with van der Waals surface area (Å²) in [6, 6.07) is 6.77. The Labute approximate surface area is 124 Å². The monoisotopic (exact) mass is 316 g/mol. The van der Waals surface area contributed by atoms with Gasteiger partial charge in [-0.15, -0.1) is 0 Å². The molecule has 1 aliphatic rings. The Morgan fingerprint density at radius 3 is 2.95 bits per heavy atom. The van der Waals surface area contributed by atoms with Gasteiger partial charge in [0.25, 0.3) is 0 Å². The van der Waals surface area contributed by atoms with E-state index in [-0.39, 0.29) is 25.5 Å². The Kier molecular flexibility index (Phi) is 5.04. The van der Waals surface area contributed by atoms with Gasteiger partial charge in [0, 0.05) is 31.3 Å².